The quantitative estimate of drug-likeness (QED) is 0.716. The molecule has 26 heavy (non-hydrogen) atoms. The van der Waals surface area contributed by atoms with E-state index in [9.17, 15) is 14.7 Å². The minimum absolute atomic E-state index is 0.0212. The summed E-state index contributed by atoms with van der Waals surface area (Å²) in [5.74, 6) is -1.69. The zero-order chi connectivity index (χ0) is 18.4. The molecule has 0 saturated carbocycles. The lowest BCUT2D eigenvalue weighted by Crippen LogP contribution is -2.62. The fourth-order valence-corrected chi connectivity index (χ4v) is 2.57. The topological polar surface area (TPSA) is 96.9 Å². The Kier molecular flexibility index (Phi) is 5.62. The fourth-order valence-electron chi connectivity index (χ4n) is 2.57. The van der Waals surface area contributed by atoms with Crippen LogP contribution in [0.15, 0.2) is 60.7 Å². The first-order valence-electron chi connectivity index (χ1n) is 8.19. The zero-order valence-electron chi connectivity index (χ0n) is 14.1. The first-order valence-corrected chi connectivity index (χ1v) is 8.19. The average molecular weight is 356 g/mol. The Morgan fingerprint density at radius 2 is 1.54 bits per heavy atom. The molecule has 0 atom stereocenters. The third-order valence-electron chi connectivity index (χ3n) is 4.01. The Hall–Kier alpha value is -2.74. The van der Waals surface area contributed by atoms with Crippen LogP contribution >= 0.6 is 0 Å². The van der Waals surface area contributed by atoms with Crippen molar-refractivity contribution in [1.82, 2.24) is 5.32 Å². The van der Waals surface area contributed by atoms with E-state index in [2.05, 4.69) is 10.6 Å². The molecule has 1 fully saturated rings. The summed E-state index contributed by atoms with van der Waals surface area (Å²) in [6, 6.07) is 18.0. The van der Waals surface area contributed by atoms with Crippen LogP contribution in [0.25, 0.3) is 0 Å². The summed E-state index contributed by atoms with van der Waals surface area (Å²) in [5.41, 5.74) is 0.175. The molecule has 1 heterocycles. The Bertz CT molecular complexity index is 743. The van der Waals surface area contributed by atoms with E-state index in [0.717, 1.165) is 5.56 Å². The number of rotatable bonds is 4. The molecule has 1 aliphatic rings. The lowest BCUT2D eigenvalue weighted by molar-refractivity contribution is -0.223. The highest BCUT2D eigenvalue weighted by Crippen LogP contribution is 2.26. The maximum absolute atomic E-state index is 12.2. The highest BCUT2D eigenvalue weighted by molar-refractivity contribution is 6.39. The van der Waals surface area contributed by atoms with Crippen LogP contribution in [-0.2, 0) is 19.1 Å². The Labute approximate surface area is 150 Å². The molecule has 7 nitrogen and oxygen atoms in total. The van der Waals surface area contributed by atoms with E-state index in [1.165, 1.54) is 0 Å². The van der Waals surface area contributed by atoms with Gasteiger partial charge in [-0.05, 0) is 12.1 Å². The molecule has 0 bridgehead atoms. The van der Waals surface area contributed by atoms with Gasteiger partial charge in [0.05, 0.1) is 19.8 Å². The van der Waals surface area contributed by atoms with Gasteiger partial charge in [-0.2, -0.15) is 0 Å². The first-order chi connectivity index (χ1) is 12.6. The second kappa shape index (κ2) is 8.09. The van der Waals surface area contributed by atoms with Gasteiger partial charge in [0.2, 0.25) is 0 Å². The molecule has 0 radical (unpaired) electrons. The van der Waals surface area contributed by atoms with Crippen molar-refractivity contribution in [1.29, 1.82) is 0 Å². The molecular formula is C19H20N2O5. The normalized spacial score (nSPS) is 22.4. The van der Waals surface area contributed by atoms with Gasteiger partial charge < -0.3 is 25.2 Å². The molecule has 0 aromatic heterocycles. The first kappa shape index (κ1) is 18.1. The van der Waals surface area contributed by atoms with Gasteiger partial charge in [-0.15, -0.1) is 0 Å². The Morgan fingerprint density at radius 1 is 0.962 bits per heavy atom. The van der Waals surface area contributed by atoms with E-state index in [4.69, 9.17) is 9.47 Å². The number of hydrogen-bond acceptors (Lipinski definition) is 5. The van der Waals surface area contributed by atoms with Crippen LogP contribution in [0.5, 0.6) is 0 Å². The van der Waals surface area contributed by atoms with Crippen LogP contribution < -0.4 is 10.6 Å². The van der Waals surface area contributed by atoms with Crippen LogP contribution in [-0.4, -0.2) is 42.3 Å². The fraction of sp³-hybridized carbons (Fsp3) is 0.263. The molecule has 2 amide bonds. The molecular weight excluding hydrogens is 336 g/mol. The Balaban J connectivity index is 1.59. The highest BCUT2D eigenvalue weighted by Gasteiger charge is 2.39. The predicted octanol–water partition coefficient (Wildman–Crippen LogP) is 1.22. The summed E-state index contributed by atoms with van der Waals surface area (Å²) < 4.78 is 11.3. The van der Waals surface area contributed by atoms with Gasteiger partial charge in [0.15, 0.2) is 6.29 Å². The van der Waals surface area contributed by atoms with Crippen LogP contribution in [0.4, 0.5) is 5.69 Å². The molecule has 7 heteroatoms. The van der Waals surface area contributed by atoms with E-state index >= 15 is 0 Å². The molecule has 1 aliphatic heterocycles. The summed E-state index contributed by atoms with van der Waals surface area (Å²) in [4.78, 5) is 24.2. The largest absolute Gasteiger partial charge is 0.394 e. The second-order valence-electron chi connectivity index (χ2n) is 6.08. The summed E-state index contributed by atoms with van der Waals surface area (Å²) in [6.07, 6.45) is -0.578. The standard InChI is InChI=1S/C19H20N2O5/c22-11-19(12-25-18(26-13-19)14-7-3-1-4-8-14)21-17(24)16(23)20-15-9-5-2-6-10-15/h1-10,18,22H,11-13H2,(H,20,23)(H,21,24). The SMILES string of the molecule is O=C(Nc1ccccc1)C(=O)NC1(CO)COC(c2ccccc2)OC1. The van der Waals surface area contributed by atoms with Crippen LogP contribution in [0.3, 0.4) is 0 Å². The number of para-hydroxylation sites is 1. The molecule has 0 unspecified atom stereocenters. The zero-order valence-corrected chi connectivity index (χ0v) is 14.1. The number of nitrogens with one attached hydrogen (secondary N) is 2. The number of anilines is 1. The summed E-state index contributed by atoms with van der Waals surface area (Å²) >= 11 is 0. The molecule has 2 aromatic rings. The molecule has 136 valence electrons. The molecule has 3 N–H and O–H groups in total. The van der Waals surface area contributed by atoms with Gasteiger partial charge >= 0.3 is 11.8 Å². The van der Waals surface area contributed by atoms with Crippen molar-refractivity contribution in [2.24, 2.45) is 0 Å². The number of benzene rings is 2. The van der Waals surface area contributed by atoms with Gasteiger partial charge in [0.25, 0.3) is 0 Å². The molecule has 2 aromatic carbocycles. The number of amides is 2. The van der Waals surface area contributed by atoms with E-state index in [0.29, 0.717) is 5.69 Å². The lowest BCUT2D eigenvalue weighted by atomic mass is 10.0. The van der Waals surface area contributed by atoms with Crippen molar-refractivity contribution < 1.29 is 24.2 Å². The third-order valence-corrected chi connectivity index (χ3v) is 4.01. The maximum atomic E-state index is 12.2. The van der Waals surface area contributed by atoms with Gasteiger partial charge in [0.1, 0.15) is 5.54 Å². The molecule has 3 rings (SSSR count). The van der Waals surface area contributed by atoms with Crippen LogP contribution in [0.1, 0.15) is 11.9 Å². The Morgan fingerprint density at radius 3 is 2.12 bits per heavy atom. The third kappa shape index (κ3) is 4.26. The van der Waals surface area contributed by atoms with Crippen molar-refractivity contribution in [3.63, 3.8) is 0 Å². The minimum atomic E-state index is -1.17. The van der Waals surface area contributed by atoms with Crippen molar-refractivity contribution in [3.8, 4) is 0 Å². The van der Waals surface area contributed by atoms with Gasteiger partial charge in [-0.25, -0.2) is 0 Å². The summed E-state index contributed by atoms with van der Waals surface area (Å²) in [6.45, 7) is -0.375. The van der Waals surface area contributed by atoms with Crippen molar-refractivity contribution in [2.45, 2.75) is 11.8 Å². The molecule has 0 aliphatic carbocycles. The number of aliphatic hydroxyl groups is 1. The molecule has 1 saturated heterocycles. The number of carbonyl (C=O) groups is 2. The predicted molar refractivity (Wildman–Crippen MR) is 94.1 cm³/mol. The number of carbonyl (C=O) groups excluding carboxylic acids is 2. The molecule has 0 spiro atoms. The van der Waals surface area contributed by atoms with Crippen molar-refractivity contribution in [2.75, 3.05) is 25.1 Å². The van der Waals surface area contributed by atoms with Crippen LogP contribution in [0.2, 0.25) is 0 Å². The summed E-state index contributed by atoms with van der Waals surface area (Å²) in [5, 5.41) is 14.7. The van der Waals surface area contributed by atoms with Crippen LogP contribution in [0, 0.1) is 0 Å². The monoisotopic (exact) mass is 356 g/mol. The van der Waals surface area contributed by atoms with E-state index < -0.39 is 30.3 Å². The van der Waals surface area contributed by atoms with E-state index in [1.54, 1.807) is 30.3 Å². The second-order valence-corrected chi connectivity index (χ2v) is 6.08. The van der Waals surface area contributed by atoms with E-state index in [1.807, 2.05) is 30.3 Å². The van der Waals surface area contributed by atoms with E-state index in [-0.39, 0.29) is 13.2 Å². The van der Waals surface area contributed by atoms with Gasteiger partial charge in [-0.1, -0.05) is 48.5 Å². The highest BCUT2D eigenvalue weighted by atomic mass is 16.7. The summed E-state index contributed by atoms with van der Waals surface area (Å²) in [7, 11) is 0. The smallest absolute Gasteiger partial charge is 0.313 e. The maximum Gasteiger partial charge on any atom is 0.313 e. The number of hydrogen-bond donors (Lipinski definition) is 3. The number of aliphatic hydroxyl groups excluding tert-OH is 1. The minimum Gasteiger partial charge on any atom is -0.394 e. The lowest BCUT2D eigenvalue weighted by Gasteiger charge is -2.39. The van der Waals surface area contributed by atoms with Crippen molar-refractivity contribution >= 4 is 17.5 Å². The number of ether oxygens (including phenoxy) is 2. The van der Waals surface area contributed by atoms with Gasteiger partial charge in [-0.3, -0.25) is 9.59 Å². The van der Waals surface area contributed by atoms with Crippen molar-refractivity contribution in [3.05, 3.63) is 66.2 Å². The van der Waals surface area contributed by atoms with Gasteiger partial charge in [0, 0.05) is 11.3 Å². The average Bonchev–Trinajstić information content (AvgIpc) is 2.70.